The first kappa shape index (κ1) is 47.4. The average molecular weight is 832 g/mol. The fourth-order valence-electron chi connectivity index (χ4n) is 7.59. The predicted octanol–water partition coefficient (Wildman–Crippen LogP) is -8.60. The van der Waals surface area contributed by atoms with Crippen molar-refractivity contribution in [2.24, 2.45) is 0 Å². The van der Waals surface area contributed by atoms with Crippen molar-refractivity contribution in [3.63, 3.8) is 0 Å². The van der Waals surface area contributed by atoms with Crippen LogP contribution in [0, 0.1) is 0 Å². The number of quaternary nitrogens is 1. The number of amides is 3. The molecule has 0 saturated carbocycles. The quantitative estimate of drug-likeness (QED) is 0.0723. The van der Waals surface area contributed by atoms with Crippen molar-refractivity contribution in [2.75, 3.05) is 47.6 Å². The molecule has 24 nitrogen and oxygen atoms in total. The zero-order valence-corrected chi connectivity index (χ0v) is 32.4. The van der Waals surface area contributed by atoms with E-state index in [2.05, 4.69) is 16.0 Å². The van der Waals surface area contributed by atoms with Gasteiger partial charge in [0.1, 0.15) is 91.4 Å². The minimum absolute atomic E-state index is 0.0388. The van der Waals surface area contributed by atoms with Crippen LogP contribution in [-0.2, 0) is 47.5 Å². The fraction of sp³-hybridized carbons (Fsp3) is 0.909. The maximum absolute atomic E-state index is 12.5. The van der Waals surface area contributed by atoms with Crippen molar-refractivity contribution < 1.29 is 103 Å². The minimum atomic E-state index is -1.86. The topological polar surface area (TPSA) is 354 Å². The molecular weight excluding hydrogens is 772 g/mol. The highest BCUT2D eigenvalue weighted by Crippen LogP contribution is 2.35. The Balaban J connectivity index is 1.62. The van der Waals surface area contributed by atoms with Crippen LogP contribution in [0.2, 0.25) is 0 Å². The van der Waals surface area contributed by atoms with Crippen LogP contribution >= 0.6 is 0 Å². The number of rotatable bonds is 14. The van der Waals surface area contributed by atoms with Crippen LogP contribution in [0.1, 0.15) is 20.8 Å². The van der Waals surface area contributed by atoms with Crippen LogP contribution in [0.15, 0.2) is 0 Å². The SMILES string of the molecule is CC(=O)N[C@@H]1[C@@H](O)[C@H](O[C@@H]2O[C@H](CO)[C@@H](O[C@@H]3O[C@H](CO)[C@@H](O[C@@H]4O[C@H](CO)[C@@H](O)[C@H](O)[C@H]4[N+](C)(C)C)[C@H](O)[C@H]3NC(C)=O)[C@H](O)[C@H]2NC(C)=O)[C@@H](CO)O[C@H]1O. The molecule has 4 rings (SSSR count). The van der Waals surface area contributed by atoms with E-state index >= 15 is 0 Å². The van der Waals surface area contributed by atoms with Crippen molar-refractivity contribution in [1.82, 2.24) is 16.0 Å². The molecule has 20 atom stereocenters. The van der Waals surface area contributed by atoms with Crippen molar-refractivity contribution in [1.29, 1.82) is 0 Å². The van der Waals surface area contributed by atoms with E-state index in [0.29, 0.717) is 0 Å². The summed E-state index contributed by atoms with van der Waals surface area (Å²) in [5.74, 6) is -2.07. The highest BCUT2D eigenvalue weighted by molar-refractivity contribution is 5.74. The van der Waals surface area contributed by atoms with E-state index in [9.17, 15) is 65.4 Å². The third-order valence-corrected chi connectivity index (χ3v) is 10.3. The Kier molecular flexibility index (Phi) is 16.5. The first-order valence-electron chi connectivity index (χ1n) is 18.4. The average Bonchev–Trinajstić information content (AvgIpc) is 3.12. The van der Waals surface area contributed by atoms with Crippen molar-refractivity contribution >= 4 is 17.7 Å². The second-order valence-electron chi connectivity index (χ2n) is 15.5. The summed E-state index contributed by atoms with van der Waals surface area (Å²) in [6.45, 7) is 0.0746. The summed E-state index contributed by atoms with van der Waals surface area (Å²) in [5, 5.41) is 114. The van der Waals surface area contributed by atoms with Crippen LogP contribution in [0.4, 0.5) is 0 Å². The second-order valence-corrected chi connectivity index (χ2v) is 15.5. The normalized spacial score (nSPS) is 44.2. The van der Waals surface area contributed by atoms with E-state index < -0.39 is 167 Å². The van der Waals surface area contributed by atoms with Crippen molar-refractivity contribution in [2.45, 2.75) is 143 Å². The number of likely N-dealkylation sites (N-methyl/N-ethyl adjacent to an activating group) is 1. The molecule has 0 aromatic heterocycles. The highest BCUT2D eigenvalue weighted by atomic mass is 16.8. The standard InChI is InChI=1S/C33H58N4O20/c1-11(42)34-18-23(46)27(15(8-39)51-30(18)50)55-31-19(35-12(2)43)24(47)28(16(9-40)53-31)56-32-20(36-13(3)44)25(48)29(17(10-41)54-32)57-33-21(37(4,5)6)26(49)22(45)14(7-38)52-33/h14-33,38-41,45-50H,7-10H2,1-6H3,(H2-,34,35,36,42,43,44)/p+1/t14-,15-,16-,17-,18-,19-,20-,21-,22-,23-,24-,25-,26-,27-,28-,29-,30-,31+,32+,33+/m1/s1. The van der Waals surface area contributed by atoms with Gasteiger partial charge in [0, 0.05) is 20.8 Å². The van der Waals surface area contributed by atoms with Crippen LogP contribution in [0.3, 0.4) is 0 Å². The van der Waals surface area contributed by atoms with Crippen LogP contribution < -0.4 is 16.0 Å². The van der Waals surface area contributed by atoms with Gasteiger partial charge < -0.3 is 105 Å². The number of carbonyl (C=O) groups is 3. The maximum atomic E-state index is 12.5. The summed E-state index contributed by atoms with van der Waals surface area (Å²) in [5.41, 5.74) is 0. The first-order chi connectivity index (χ1) is 26.7. The van der Waals surface area contributed by atoms with Crippen molar-refractivity contribution in [3.8, 4) is 0 Å². The predicted molar refractivity (Wildman–Crippen MR) is 184 cm³/mol. The summed E-state index contributed by atoms with van der Waals surface area (Å²) in [6, 6.07) is -5.57. The highest BCUT2D eigenvalue weighted by Gasteiger charge is 2.57. The molecule has 0 aromatic carbocycles. The lowest BCUT2D eigenvalue weighted by atomic mass is 9.92. The number of hydrogen-bond donors (Lipinski definition) is 13. The van der Waals surface area contributed by atoms with Gasteiger partial charge in [-0.15, -0.1) is 0 Å². The molecule has 0 aromatic rings. The Hall–Kier alpha value is -2.31. The molecular formula is C33H59N4O20+. The van der Waals surface area contributed by atoms with E-state index in [1.165, 1.54) is 0 Å². The lowest BCUT2D eigenvalue weighted by Crippen LogP contribution is -2.72. The Bertz CT molecular complexity index is 1350. The Morgan fingerprint density at radius 3 is 1.19 bits per heavy atom. The lowest BCUT2D eigenvalue weighted by Gasteiger charge is -2.51. The van der Waals surface area contributed by atoms with Gasteiger partial charge >= 0.3 is 0 Å². The molecule has 13 N–H and O–H groups in total. The van der Waals surface area contributed by atoms with Gasteiger partial charge in [-0.3, -0.25) is 14.4 Å². The van der Waals surface area contributed by atoms with Gasteiger partial charge in [0.25, 0.3) is 0 Å². The minimum Gasteiger partial charge on any atom is -0.394 e. The number of nitrogens with one attached hydrogen (secondary N) is 3. The fourth-order valence-corrected chi connectivity index (χ4v) is 7.59. The third kappa shape index (κ3) is 10.7. The lowest BCUT2D eigenvalue weighted by molar-refractivity contribution is -0.910. The molecule has 0 bridgehead atoms. The van der Waals surface area contributed by atoms with Gasteiger partial charge in [0.2, 0.25) is 24.0 Å². The van der Waals surface area contributed by atoms with Gasteiger partial charge in [-0.2, -0.15) is 0 Å². The number of aliphatic hydroxyl groups is 10. The number of nitrogens with zero attached hydrogens (tertiary/aromatic N) is 1. The number of carbonyl (C=O) groups excluding carboxylic acids is 3. The van der Waals surface area contributed by atoms with E-state index in [0.717, 1.165) is 20.8 Å². The van der Waals surface area contributed by atoms with Crippen LogP contribution in [0.25, 0.3) is 0 Å². The summed E-state index contributed by atoms with van der Waals surface area (Å²) in [4.78, 5) is 36.6. The Labute approximate surface area is 327 Å². The van der Waals surface area contributed by atoms with Gasteiger partial charge in [-0.1, -0.05) is 0 Å². The molecule has 57 heavy (non-hydrogen) atoms. The Morgan fingerprint density at radius 1 is 0.491 bits per heavy atom. The maximum Gasteiger partial charge on any atom is 0.217 e. The Morgan fingerprint density at radius 2 is 0.825 bits per heavy atom. The summed E-state index contributed by atoms with van der Waals surface area (Å²) in [7, 11) is 5.01. The number of ether oxygens (including phenoxy) is 7. The summed E-state index contributed by atoms with van der Waals surface area (Å²) < 4.78 is 41.2. The molecule has 0 unspecified atom stereocenters. The van der Waals surface area contributed by atoms with E-state index in [4.69, 9.17) is 33.2 Å². The zero-order chi connectivity index (χ0) is 42.7. The molecule has 24 heteroatoms. The number of hydrogen-bond acceptors (Lipinski definition) is 20. The largest absolute Gasteiger partial charge is 0.394 e. The summed E-state index contributed by atoms with van der Waals surface area (Å²) in [6.07, 6.45) is -25.5. The third-order valence-electron chi connectivity index (χ3n) is 10.3. The molecule has 0 radical (unpaired) electrons. The molecule has 3 amide bonds. The number of aliphatic hydroxyl groups excluding tert-OH is 10. The van der Waals surface area contributed by atoms with Crippen LogP contribution in [0.5, 0.6) is 0 Å². The molecule has 4 aliphatic heterocycles. The zero-order valence-electron chi connectivity index (χ0n) is 32.4. The smallest absolute Gasteiger partial charge is 0.217 e. The summed E-state index contributed by atoms with van der Waals surface area (Å²) >= 11 is 0. The molecule has 4 saturated heterocycles. The van der Waals surface area contributed by atoms with Gasteiger partial charge in [0.05, 0.1) is 47.6 Å². The molecule has 0 aliphatic carbocycles. The molecule has 0 spiro atoms. The van der Waals surface area contributed by atoms with Gasteiger partial charge in [-0.25, -0.2) is 0 Å². The first-order valence-corrected chi connectivity index (χ1v) is 18.4. The van der Waals surface area contributed by atoms with Crippen LogP contribution in [-0.4, -0.2) is 243 Å². The molecule has 330 valence electrons. The molecule has 4 heterocycles. The second kappa shape index (κ2) is 19.8. The van der Waals surface area contributed by atoms with Crippen molar-refractivity contribution in [3.05, 3.63) is 0 Å². The molecule has 4 aliphatic rings. The monoisotopic (exact) mass is 831 g/mol. The van der Waals surface area contributed by atoms with E-state index in [1.807, 2.05) is 0 Å². The van der Waals surface area contributed by atoms with Gasteiger partial charge in [0.15, 0.2) is 24.9 Å². The molecule has 4 fully saturated rings. The van der Waals surface area contributed by atoms with E-state index in [-0.39, 0.29) is 4.48 Å². The van der Waals surface area contributed by atoms with E-state index in [1.54, 1.807) is 21.1 Å². The van der Waals surface area contributed by atoms with Gasteiger partial charge in [-0.05, 0) is 0 Å².